The Morgan fingerprint density at radius 1 is 0.473 bits per heavy atom. The molecule has 9 nitrogen and oxygen atoms in total. The van der Waals surface area contributed by atoms with Gasteiger partial charge in [-0.1, -0.05) is 262 Å². The number of carbonyl (C=O) groups is 2. The van der Waals surface area contributed by atoms with E-state index in [0.29, 0.717) is 17.4 Å². The van der Waals surface area contributed by atoms with Crippen molar-refractivity contribution in [2.75, 3.05) is 40.9 Å². The highest BCUT2D eigenvalue weighted by Gasteiger charge is 2.30. The van der Waals surface area contributed by atoms with Gasteiger partial charge in [0.2, 0.25) is 5.91 Å². The first-order chi connectivity index (χ1) is 35.9. The topological polar surface area (TPSA) is 111 Å². The second-order valence-corrected chi connectivity index (χ2v) is 24.0. The number of hydrogen-bond acceptors (Lipinski definition) is 6. The van der Waals surface area contributed by atoms with Crippen molar-refractivity contribution in [3.8, 4) is 0 Å². The van der Waals surface area contributed by atoms with Gasteiger partial charge in [0.15, 0.2) is 0 Å². The summed E-state index contributed by atoms with van der Waals surface area (Å²) in [5.41, 5.74) is 0. The number of amides is 1. The van der Waals surface area contributed by atoms with Crippen molar-refractivity contribution in [1.82, 2.24) is 5.32 Å². The number of carbonyl (C=O) groups excluding carboxylic acids is 2. The van der Waals surface area contributed by atoms with Crippen LogP contribution in [0.25, 0.3) is 0 Å². The number of phosphoric ester groups is 1. The lowest BCUT2D eigenvalue weighted by Gasteiger charge is -2.27. The van der Waals surface area contributed by atoms with Crippen LogP contribution in [0.3, 0.4) is 0 Å². The number of nitrogens with zero attached hydrogens (tertiary/aromatic N) is 1. The Kier molecular flexibility index (Phi) is 52.8. The van der Waals surface area contributed by atoms with Crippen molar-refractivity contribution in [1.29, 1.82) is 0 Å². The first-order valence-corrected chi connectivity index (χ1v) is 33.0. The van der Waals surface area contributed by atoms with Crippen LogP contribution in [0.15, 0.2) is 48.6 Å². The number of hydrogen-bond donors (Lipinski definition) is 2. The SMILES string of the molecule is CCCCC/C=C\C/C=C\C/C=C\CCCCCCCCC(=O)OC(/C=C/CCCCCCCCCCCCC)C(COP(=O)(O)OCC[N+](C)(C)C)NC(=O)CCCCCCCCCCCCCCCCCC. The Bertz CT molecular complexity index is 1410. The third-order valence-electron chi connectivity index (χ3n) is 14.0. The van der Waals surface area contributed by atoms with Crippen molar-refractivity contribution in [2.45, 2.75) is 309 Å². The lowest BCUT2D eigenvalue weighted by molar-refractivity contribution is -0.870. The molecule has 0 bridgehead atoms. The average Bonchev–Trinajstić information content (AvgIpc) is 3.36. The predicted octanol–water partition coefficient (Wildman–Crippen LogP) is 19.3. The molecule has 3 atom stereocenters. The molecule has 0 saturated heterocycles. The van der Waals surface area contributed by atoms with Gasteiger partial charge in [-0.25, -0.2) is 4.57 Å². The average molecular weight is 1060 g/mol. The number of allylic oxidation sites excluding steroid dienone is 7. The van der Waals surface area contributed by atoms with E-state index in [1.54, 1.807) is 0 Å². The maximum atomic E-state index is 13.5. The van der Waals surface area contributed by atoms with E-state index in [-0.39, 0.29) is 31.5 Å². The van der Waals surface area contributed by atoms with Gasteiger partial charge in [-0.3, -0.25) is 18.6 Å². The van der Waals surface area contributed by atoms with Crippen LogP contribution in [0.4, 0.5) is 0 Å². The molecule has 74 heavy (non-hydrogen) atoms. The molecule has 0 aliphatic carbocycles. The van der Waals surface area contributed by atoms with Crippen LogP contribution in [-0.4, -0.2) is 74.3 Å². The number of nitrogens with one attached hydrogen (secondary N) is 1. The Morgan fingerprint density at radius 3 is 1.26 bits per heavy atom. The Hall–Kier alpha value is -2.03. The van der Waals surface area contributed by atoms with Gasteiger partial charge in [0.05, 0.1) is 33.8 Å². The molecule has 0 spiro atoms. The van der Waals surface area contributed by atoms with E-state index in [2.05, 4.69) is 62.5 Å². The minimum absolute atomic E-state index is 0.0391. The molecule has 10 heteroatoms. The van der Waals surface area contributed by atoms with Gasteiger partial charge < -0.3 is 19.4 Å². The van der Waals surface area contributed by atoms with Crippen LogP contribution in [0, 0.1) is 0 Å². The second kappa shape index (κ2) is 54.3. The number of ether oxygens (including phenoxy) is 1. The molecule has 2 N–H and O–H groups in total. The predicted molar refractivity (Wildman–Crippen MR) is 319 cm³/mol. The van der Waals surface area contributed by atoms with Crippen LogP contribution >= 0.6 is 7.82 Å². The summed E-state index contributed by atoms with van der Waals surface area (Å²) in [6.07, 6.45) is 66.7. The molecule has 0 fully saturated rings. The molecule has 0 heterocycles. The maximum absolute atomic E-state index is 13.5. The summed E-state index contributed by atoms with van der Waals surface area (Å²) in [5.74, 6) is -0.508. The van der Waals surface area contributed by atoms with Crippen molar-refractivity contribution >= 4 is 19.7 Å². The number of unbranched alkanes of at least 4 members (excludes halogenated alkanes) is 35. The fourth-order valence-corrected chi connectivity index (χ4v) is 9.86. The van der Waals surface area contributed by atoms with E-state index in [4.69, 9.17) is 13.8 Å². The molecule has 0 aromatic carbocycles. The van der Waals surface area contributed by atoms with E-state index in [9.17, 15) is 19.0 Å². The molecule has 0 aliphatic rings. The van der Waals surface area contributed by atoms with Gasteiger partial charge in [-0.05, 0) is 70.3 Å². The monoisotopic (exact) mass is 1060 g/mol. The Balaban J connectivity index is 5.29. The standard InChI is InChI=1S/C64H121N2O7P/c1-7-10-13-16-19-22-25-28-30-32-33-34-36-39-42-45-48-51-54-57-64(68)73-62(55-52-49-46-43-40-37-27-24-21-18-15-12-9-3)61(60-72-74(69,70)71-59-58-66(4,5)6)65-63(67)56-53-50-47-44-41-38-35-31-29-26-23-20-17-14-11-8-2/h19,22,28,30,33-34,52,55,61-62H,7-18,20-21,23-27,29,31-32,35-51,53-54,56-60H2,1-6H3,(H-,65,67,69,70)/p+1/b22-19-,30-28-,34-33-,55-52+. The molecule has 0 rings (SSSR count). The van der Waals surface area contributed by atoms with Crippen molar-refractivity contribution < 1.29 is 37.3 Å². The molecule has 434 valence electrons. The lowest BCUT2D eigenvalue weighted by Crippen LogP contribution is -2.47. The zero-order valence-electron chi connectivity index (χ0n) is 49.6. The van der Waals surface area contributed by atoms with E-state index < -0.39 is 20.0 Å². The van der Waals surface area contributed by atoms with Gasteiger partial charge in [0, 0.05) is 12.8 Å². The third kappa shape index (κ3) is 54.7. The van der Waals surface area contributed by atoms with E-state index in [0.717, 1.165) is 83.5 Å². The fraction of sp³-hybridized carbons (Fsp3) is 0.844. The van der Waals surface area contributed by atoms with Crippen LogP contribution < -0.4 is 5.32 Å². The largest absolute Gasteiger partial charge is 0.472 e. The highest BCUT2D eigenvalue weighted by Crippen LogP contribution is 2.43. The zero-order chi connectivity index (χ0) is 54.3. The highest BCUT2D eigenvalue weighted by atomic mass is 31.2. The molecule has 3 unspecified atom stereocenters. The first kappa shape index (κ1) is 72.0. The molecule has 0 aliphatic heterocycles. The molecule has 1 amide bonds. The van der Waals surface area contributed by atoms with Crippen LogP contribution in [0.5, 0.6) is 0 Å². The molecule has 0 aromatic rings. The summed E-state index contributed by atoms with van der Waals surface area (Å²) in [6, 6.07) is -0.851. The van der Waals surface area contributed by atoms with Gasteiger partial charge in [-0.15, -0.1) is 0 Å². The van der Waals surface area contributed by atoms with Gasteiger partial charge in [0.1, 0.15) is 19.3 Å². The summed E-state index contributed by atoms with van der Waals surface area (Å²) in [4.78, 5) is 37.7. The van der Waals surface area contributed by atoms with Gasteiger partial charge >= 0.3 is 13.8 Å². The minimum atomic E-state index is -4.45. The van der Waals surface area contributed by atoms with Crippen LogP contribution in [0.1, 0.15) is 297 Å². The second-order valence-electron chi connectivity index (χ2n) is 22.6. The highest BCUT2D eigenvalue weighted by molar-refractivity contribution is 7.47. The van der Waals surface area contributed by atoms with Crippen molar-refractivity contribution in [2.24, 2.45) is 0 Å². The molecule has 0 radical (unpaired) electrons. The number of rotatable bonds is 57. The lowest BCUT2D eigenvalue weighted by atomic mass is 10.0. The fourth-order valence-electron chi connectivity index (χ4n) is 9.12. The third-order valence-corrected chi connectivity index (χ3v) is 15.0. The van der Waals surface area contributed by atoms with Gasteiger partial charge in [-0.2, -0.15) is 0 Å². The van der Waals surface area contributed by atoms with E-state index >= 15 is 0 Å². The van der Waals surface area contributed by atoms with Crippen LogP contribution in [0.2, 0.25) is 0 Å². The van der Waals surface area contributed by atoms with E-state index in [1.807, 2.05) is 33.3 Å². The summed E-state index contributed by atoms with van der Waals surface area (Å²) in [5, 5.41) is 3.06. The summed E-state index contributed by atoms with van der Waals surface area (Å²) in [6.45, 7) is 7.01. The summed E-state index contributed by atoms with van der Waals surface area (Å²) < 4.78 is 30.7. The van der Waals surface area contributed by atoms with Crippen molar-refractivity contribution in [3.05, 3.63) is 48.6 Å². The quantitative estimate of drug-likeness (QED) is 0.0205. The summed E-state index contributed by atoms with van der Waals surface area (Å²) in [7, 11) is 1.50. The minimum Gasteiger partial charge on any atom is -0.456 e. The smallest absolute Gasteiger partial charge is 0.456 e. The Morgan fingerprint density at radius 2 is 0.824 bits per heavy atom. The number of esters is 1. The molecular formula is C64H122N2O7P+. The van der Waals surface area contributed by atoms with E-state index in [1.165, 1.54) is 180 Å². The first-order valence-electron chi connectivity index (χ1n) is 31.5. The number of phosphoric acid groups is 1. The van der Waals surface area contributed by atoms with Crippen LogP contribution in [-0.2, 0) is 27.9 Å². The molecule has 0 aromatic heterocycles. The zero-order valence-corrected chi connectivity index (χ0v) is 50.5. The van der Waals surface area contributed by atoms with Crippen molar-refractivity contribution in [3.63, 3.8) is 0 Å². The normalized spacial score (nSPS) is 14.0. The number of quaternary nitrogens is 1. The Labute approximate surface area is 458 Å². The summed E-state index contributed by atoms with van der Waals surface area (Å²) >= 11 is 0. The molecule has 0 saturated carbocycles. The number of likely N-dealkylation sites (N-methyl/N-ethyl adjacent to an activating group) is 1. The molecular weight excluding hydrogens is 940 g/mol. The maximum Gasteiger partial charge on any atom is 0.472 e. The van der Waals surface area contributed by atoms with Gasteiger partial charge in [0.25, 0.3) is 0 Å².